The van der Waals surface area contributed by atoms with Crippen LogP contribution in [0.2, 0.25) is 10.0 Å². The van der Waals surface area contributed by atoms with Crippen molar-refractivity contribution in [1.82, 2.24) is 19.8 Å². The Morgan fingerprint density at radius 3 is 2.53 bits per heavy atom. The van der Waals surface area contributed by atoms with Gasteiger partial charge in [0.2, 0.25) is 11.9 Å². The third-order valence-corrected chi connectivity index (χ3v) is 7.18. The van der Waals surface area contributed by atoms with Crippen LogP contribution in [0.1, 0.15) is 12.0 Å². The summed E-state index contributed by atoms with van der Waals surface area (Å²) in [5.41, 5.74) is 0.966. The van der Waals surface area contributed by atoms with Crippen molar-refractivity contribution >= 4 is 52.6 Å². The Hall–Kier alpha value is -3.28. The lowest BCUT2D eigenvalue weighted by Gasteiger charge is -2.39. The highest BCUT2D eigenvalue weighted by Gasteiger charge is 2.42. The van der Waals surface area contributed by atoms with Gasteiger partial charge in [-0.05, 0) is 20.5 Å². The molecule has 1 fully saturated rings. The average molecular weight is 564 g/mol. The van der Waals surface area contributed by atoms with Gasteiger partial charge in [-0.25, -0.2) is 9.78 Å². The molecule has 0 bridgehead atoms. The zero-order chi connectivity index (χ0) is 27.6. The van der Waals surface area contributed by atoms with Gasteiger partial charge >= 0.3 is 6.03 Å². The van der Waals surface area contributed by atoms with E-state index in [1.165, 1.54) is 19.1 Å². The van der Waals surface area contributed by atoms with Gasteiger partial charge in [0.25, 0.3) is 0 Å². The third-order valence-electron chi connectivity index (χ3n) is 6.45. The highest BCUT2D eigenvalue weighted by Crippen LogP contribution is 2.48. The molecule has 3 heterocycles. The number of aromatic nitrogens is 2. The lowest BCUT2D eigenvalue weighted by Crippen LogP contribution is -2.53. The van der Waals surface area contributed by atoms with E-state index in [-0.39, 0.29) is 40.3 Å². The Labute approximate surface area is 231 Å². The van der Waals surface area contributed by atoms with Gasteiger partial charge in [-0.1, -0.05) is 29.3 Å². The quantitative estimate of drug-likeness (QED) is 0.486. The molecule has 1 N–H and O–H groups in total. The van der Waals surface area contributed by atoms with Crippen molar-refractivity contribution in [2.45, 2.75) is 19.0 Å². The van der Waals surface area contributed by atoms with Crippen LogP contribution in [-0.2, 0) is 11.3 Å². The van der Waals surface area contributed by atoms with Crippen LogP contribution in [0.15, 0.2) is 24.4 Å². The number of likely N-dealkylation sites (N-methyl/N-ethyl adjacent to an activating group) is 1. The van der Waals surface area contributed by atoms with Gasteiger partial charge in [0, 0.05) is 50.6 Å². The number of methoxy groups -OCH3 is 2. The van der Waals surface area contributed by atoms with Crippen LogP contribution in [0.5, 0.6) is 11.5 Å². The molecule has 0 saturated carbocycles. The predicted molar refractivity (Wildman–Crippen MR) is 148 cm³/mol. The molecule has 4 rings (SSSR count). The average Bonchev–Trinajstić information content (AvgIpc) is 3.38. The van der Waals surface area contributed by atoms with Crippen molar-refractivity contribution < 1.29 is 19.1 Å². The summed E-state index contributed by atoms with van der Waals surface area (Å²) < 4.78 is 10.8. The van der Waals surface area contributed by atoms with Crippen LogP contribution < -0.4 is 24.6 Å². The summed E-state index contributed by atoms with van der Waals surface area (Å²) >= 11 is 13.4. The number of carbonyl (C=O) groups excluding carboxylic acids is 2. The molecule has 1 aromatic carbocycles. The first-order valence-electron chi connectivity index (χ1n) is 12.0. The summed E-state index contributed by atoms with van der Waals surface area (Å²) in [5.74, 6) is 1.40. The Balaban J connectivity index is 1.73. The third kappa shape index (κ3) is 5.31. The number of urea groups is 1. The van der Waals surface area contributed by atoms with Crippen LogP contribution >= 0.6 is 23.2 Å². The number of anilines is 3. The molecule has 1 saturated heterocycles. The first-order valence-corrected chi connectivity index (χ1v) is 12.8. The van der Waals surface area contributed by atoms with E-state index >= 15 is 0 Å². The number of halogens is 2. The molecule has 0 radical (unpaired) electrons. The maximum Gasteiger partial charge on any atom is 0.330 e. The van der Waals surface area contributed by atoms with Crippen LogP contribution in [0, 0.1) is 0 Å². The van der Waals surface area contributed by atoms with Gasteiger partial charge in [-0.15, -0.1) is 0 Å². The number of rotatable bonds is 8. The monoisotopic (exact) mass is 563 g/mol. The van der Waals surface area contributed by atoms with Gasteiger partial charge in [-0.2, -0.15) is 4.98 Å². The minimum Gasteiger partial charge on any atom is -0.495 e. The highest BCUT2D eigenvalue weighted by atomic mass is 35.5. The molecule has 1 unspecified atom stereocenters. The van der Waals surface area contributed by atoms with E-state index in [1.807, 2.05) is 25.1 Å². The number of nitrogens with one attached hydrogen (secondary N) is 1. The van der Waals surface area contributed by atoms with E-state index in [0.717, 1.165) is 0 Å². The normalized spacial score (nSPS) is 17.4. The van der Waals surface area contributed by atoms with Gasteiger partial charge in [-0.3, -0.25) is 14.6 Å². The van der Waals surface area contributed by atoms with Gasteiger partial charge in [0.05, 0.1) is 32.5 Å². The zero-order valence-electron chi connectivity index (χ0n) is 22.0. The maximum absolute atomic E-state index is 14.2. The van der Waals surface area contributed by atoms with Crippen LogP contribution in [-0.4, -0.2) is 92.7 Å². The molecule has 11 nitrogen and oxygen atoms in total. The summed E-state index contributed by atoms with van der Waals surface area (Å²) in [5, 5.41) is 3.28. The first-order chi connectivity index (χ1) is 18.2. The Morgan fingerprint density at radius 2 is 1.92 bits per heavy atom. The van der Waals surface area contributed by atoms with Gasteiger partial charge < -0.3 is 24.6 Å². The Kier molecular flexibility index (Phi) is 8.49. The number of carbonyl (C=O) groups is 2. The highest BCUT2D eigenvalue weighted by molar-refractivity contribution is 6.42. The van der Waals surface area contributed by atoms with E-state index in [4.69, 9.17) is 32.7 Å². The second-order valence-corrected chi connectivity index (χ2v) is 9.94. The van der Waals surface area contributed by atoms with Crippen molar-refractivity contribution in [3.63, 3.8) is 0 Å². The van der Waals surface area contributed by atoms with E-state index in [9.17, 15) is 9.59 Å². The summed E-state index contributed by atoms with van der Waals surface area (Å²) in [6, 6.07) is 0.876. The number of benzene rings is 1. The van der Waals surface area contributed by atoms with Crippen molar-refractivity contribution in [3.8, 4) is 11.5 Å². The van der Waals surface area contributed by atoms with Crippen molar-refractivity contribution in [2.75, 3.05) is 70.1 Å². The van der Waals surface area contributed by atoms with Crippen molar-refractivity contribution in [3.05, 3.63) is 40.0 Å². The van der Waals surface area contributed by atoms with Crippen LogP contribution in [0.25, 0.3) is 0 Å². The van der Waals surface area contributed by atoms with E-state index in [1.54, 1.807) is 35.2 Å². The second kappa shape index (κ2) is 11.6. The minimum absolute atomic E-state index is 0.0990. The summed E-state index contributed by atoms with van der Waals surface area (Å²) in [6.45, 7) is 1.65. The maximum atomic E-state index is 14.2. The summed E-state index contributed by atoms with van der Waals surface area (Å²) in [4.78, 5) is 42.7. The molecule has 13 heteroatoms. The first kappa shape index (κ1) is 27.7. The lowest BCUT2D eigenvalue weighted by atomic mass is 10.1. The Bertz CT molecular complexity index is 1230. The molecule has 38 heavy (non-hydrogen) atoms. The number of amides is 3. The standard InChI is InChI=1S/C25H31Cl2N7O4/c1-28-24-29-12-15-13-33(22-20(26)17(37-4)11-18(38-5)21(22)27)25(36)34(23(15)30-24)16-8-10-32(14-16)19(35)7-6-9-31(2)3/h6-7,11-12,16H,8-10,13-14H2,1-5H3,(H,28,29,30). The molecular formula is C25H31Cl2N7O4. The summed E-state index contributed by atoms with van der Waals surface area (Å²) in [7, 11) is 8.53. The molecule has 2 aliphatic heterocycles. The van der Waals surface area contributed by atoms with Crippen molar-refractivity contribution in [1.29, 1.82) is 0 Å². The number of nitrogens with zero attached hydrogens (tertiary/aromatic N) is 6. The molecule has 1 atom stereocenters. The van der Waals surface area contributed by atoms with Crippen molar-refractivity contribution in [2.24, 2.45) is 0 Å². The van der Waals surface area contributed by atoms with Gasteiger partial charge in [0.15, 0.2) is 0 Å². The smallest absolute Gasteiger partial charge is 0.330 e. The fourth-order valence-corrected chi connectivity index (χ4v) is 5.24. The number of likely N-dealkylation sites (tertiary alicyclic amines) is 1. The number of ether oxygens (including phenoxy) is 2. The minimum atomic E-state index is -0.375. The van der Waals surface area contributed by atoms with E-state index < -0.39 is 0 Å². The number of fused-ring (bicyclic) bond motifs is 1. The van der Waals surface area contributed by atoms with Crippen LogP contribution in [0.4, 0.5) is 22.2 Å². The largest absolute Gasteiger partial charge is 0.495 e. The lowest BCUT2D eigenvalue weighted by molar-refractivity contribution is -0.125. The molecule has 2 aromatic rings. The zero-order valence-corrected chi connectivity index (χ0v) is 23.5. The van der Waals surface area contributed by atoms with Crippen LogP contribution in [0.3, 0.4) is 0 Å². The summed E-state index contributed by atoms with van der Waals surface area (Å²) in [6.07, 6.45) is 5.64. The molecule has 0 aliphatic carbocycles. The number of hydrogen-bond donors (Lipinski definition) is 1. The fraction of sp³-hybridized carbons (Fsp3) is 0.440. The molecule has 3 amide bonds. The van der Waals surface area contributed by atoms with Gasteiger partial charge in [0.1, 0.15) is 27.4 Å². The molecule has 1 aromatic heterocycles. The number of hydrogen-bond acceptors (Lipinski definition) is 8. The predicted octanol–water partition coefficient (Wildman–Crippen LogP) is 3.51. The Morgan fingerprint density at radius 1 is 1.24 bits per heavy atom. The SMILES string of the molecule is CNc1ncc2c(n1)N(C1CCN(C(=O)C=CCN(C)C)C1)C(=O)N(c1c(Cl)c(OC)cc(OC)c1Cl)C2. The van der Waals surface area contributed by atoms with E-state index in [2.05, 4.69) is 15.3 Å². The molecule has 2 aliphatic rings. The molecular weight excluding hydrogens is 533 g/mol. The topological polar surface area (TPSA) is 103 Å². The van der Waals surface area contributed by atoms with E-state index in [0.29, 0.717) is 54.9 Å². The molecule has 204 valence electrons. The fourth-order valence-electron chi connectivity index (χ4n) is 4.53. The second-order valence-electron chi connectivity index (χ2n) is 9.18. The molecule has 0 spiro atoms.